The molecule has 2 aliphatic heterocycles. The standard InChI is InChI=1S/C25H41N5O.HI/c1-4-23(30-16-9-12-24(30)31)13-15-27-25(26-5-2)28-22-14-17-29(20(3)18-22)19-21-10-7-6-8-11-21;/h6-8,10-11,20,22-23H,4-5,9,12-19H2,1-3H3,(H2,26,27,28);1H. The number of halogens is 1. The molecule has 0 bridgehead atoms. The van der Waals surface area contributed by atoms with Crippen LogP contribution in [0.5, 0.6) is 0 Å². The Morgan fingerprint density at radius 3 is 2.62 bits per heavy atom. The molecule has 7 heteroatoms. The van der Waals surface area contributed by atoms with Crippen molar-refractivity contribution in [1.82, 2.24) is 20.4 Å². The zero-order chi connectivity index (χ0) is 22.1. The predicted molar refractivity (Wildman–Crippen MR) is 144 cm³/mol. The number of piperidine rings is 1. The van der Waals surface area contributed by atoms with Crippen molar-refractivity contribution in [3.63, 3.8) is 0 Å². The normalized spacial score (nSPS) is 23.0. The van der Waals surface area contributed by atoms with Gasteiger partial charge in [0.2, 0.25) is 5.91 Å². The molecule has 3 unspecified atom stereocenters. The summed E-state index contributed by atoms with van der Waals surface area (Å²) in [7, 11) is 0. The monoisotopic (exact) mass is 555 g/mol. The zero-order valence-corrected chi connectivity index (χ0v) is 22.4. The molecule has 0 aromatic heterocycles. The van der Waals surface area contributed by atoms with E-state index >= 15 is 0 Å². The highest BCUT2D eigenvalue weighted by atomic mass is 127. The van der Waals surface area contributed by atoms with Crippen LogP contribution in [0.15, 0.2) is 35.3 Å². The number of guanidine groups is 1. The van der Waals surface area contributed by atoms with Crippen LogP contribution in [-0.4, -0.2) is 66.0 Å². The molecule has 0 spiro atoms. The van der Waals surface area contributed by atoms with Crippen LogP contribution in [0.2, 0.25) is 0 Å². The lowest BCUT2D eigenvalue weighted by Crippen LogP contribution is -2.51. The van der Waals surface area contributed by atoms with Gasteiger partial charge >= 0.3 is 0 Å². The highest BCUT2D eigenvalue weighted by Crippen LogP contribution is 2.20. The van der Waals surface area contributed by atoms with Crippen molar-refractivity contribution < 1.29 is 4.79 Å². The van der Waals surface area contributed by atoms with Crippen molar-refractivity contribution in [3.05, 3.63) is 35.9 Å². The number of nitrogens with one attached hydrogen (secondary N) is 2. The lowest BCUT2D eigenvalue weighted by molar-refractivity contribution is -0.129. The van der Waals surface area contributed by atoms with E-state index in [1.807, 2.05) is 0 Å². The van der Waals surface area contributed by atoms with E-state index in [1.54, 1.807) is 0 Å². The first-order valence-electron chi connectivity index (χ1n) is 12.2. The molecule has 0 saturated carbocycles. The van der Waals surface area contributed by atoms with Crippen molar-refractivity contribution >= 4 is 35.8 Å². The van der Waals surface area contributed by atoms with Crippen LogP contribution >= 0.6 is 24.0 Å². The summed E-state index contributed by atoms with van der Waals surface area (Å²) in [5.74, 6) is 1.23. The van der Waals surface area contributed by atoms with E-state index in [0.29, 0.717) is 30.5 Å². The maximum atomic E-state index is 12.1. The SMILES string of the molecule is CCNC(=NCCC(CC)N1CCCC1=O)NC1CCN(Cc2ccccc2)C(C)C1.I. The Morgan fingerprint density at radius 1 is 1.22 bits per heavy atom. The van der Waals surface area contributed by atoms with E-state index < -0.39 is 0 Å². The largest absolute Gasteiger partial charge is 0.357 e. The number of hydrogen-bond acceptors (Lipinski definition) is 3. The summed E-state index contributed by atoms with van der Waals surface area (Å²) in [6, 6.07) is 12.1. The van der Waals surface area contributed by atoms with Gasteiger partial charge in [-0.25, -0.2) is 0 Å². The molecule has 32 heavy (non-hydrogen) atoms. The van der Waals surface area contributed by atoms with Crippen LogP contribution in [0, 0.1) is 0 Å². The number of hydrogen-bond donors (Lipinski definition) is 2. The molecule has 2 N–H and O–H groups in total. The second-order valence-corrected chi connectivity index (χ2v) is 8.97. The molecule has 2 saturated heterocycles. The molecule has 3 rings (SSSR count). The van der Waals surface area contributed by atoms with Gasteiger partial charge < -0.3 is 15.5 Å². The molecule has 1 aromatic carbocycles. The van der Waals surface area contributed by atoms with E-state index in [4.69, 9.17) is 4.99 Å². The van der Waals surface area contributed by atoms with Gasteiger partial charge in [0.15, 0.2) is 5.96 Å². The van der Waals surface area contributed by atoms with Crippen molar-refractivity contribution in [2.24, 2.45) is 4.99 Å². The van der Waals surface area contributed by atoms with E-state index in [0.717, 1.165) is 70.8 Å². The molecule has 2 aliphatic rings. The summed E-state index contributed by atoms with van der Waals surface area (Å²) >= 11 is 0. The quantitative estimate of drug-likeness (QED) is 0.275. The van der Waals surface area contributed by atoms with Gasteiger partial charge in [0.1, 0.15) is 0 Å². The van der Waals surface area contributed by atoms with E-state index in [1.165, 1.54) is 5.56 Å². The maximum Gasteiger partial charge on any atom is 0.222 e. The van der Waals surface area contributed by atoms with Gasteiger partial charge in [0.05, 0.1) is 0 Å². The Bertz CT molecular complexity index is 714. The molecule has 0 radical (unpaired) electrons. The topological polar surface area (TPSA) is 60.0 Å². The minimum absolute atomic E-state index is 0. The van der Waals surface area contributed by atoms with Crippen molar-refractivity contribution in [2.45, 2.75) is 84.0 Å². The molecule has 2 heterocycles. The molecule has 1 amide bonds. The van der Waals surface area contributed by atoms with Crippen LogP contribution in [0.1, 0.15) is 64.9 Å². The van der Waals surface area contributed by atoms with E-state index in [2.05, 4.69) is 71.5 Å². The second kappa shape index (κ2) is 14.0. The van der Waals surface area contributed by atoms with Gasteiger partial charge in [-0.1, -0.05) is 37.3 Å². The summed E-state index contributed by atoms with van der Waals surface area (Å²) < 4.78 is 0. The Balaban J connectivity index is 0.00000363. The first kappa shape index (κ1) is 26.9. The van der Waals surface area contributed by atoms with Crippen molar-refractivity contribution in [3.8, 4) is 0 Å². The first-order valence-corrected chi connectivity index (χ1v) is 12.2. The third-order valence-electron chi connectivity index (χ3n) is 6.68. The van der Waals surface area contributed by atoms with Crippen LogP contribution in [-0.2, 0) is 11.3 Å². The number of amides is 1. The molecule has 3 atom stereocenters. The Hall–Kier alpha value is -1.35. The number of likely N-dealkylation sites (tertiary alicyclic amines) is 2. The molecule has 2 fully saturated rings. The summed E-state index contributed by atoms with van der Waals surface area (Å²) in [6.45, 7) is 11.3. The van der Waals surface area contributed by atoms with Gasteiger partial charge in [-0.05, 0) is 51.5 Å². The third kappa shape index (κ3) is 7.90. The predicted octanol–water partition coefficient (Wildman–Crippen LogP) is 4.00. The summed E-state index contributed by atoms with van der Waals surface area (Å²) in [4.78, 5) is 21.6. The molecular formula is C25H42IN5O. The number of benzene rings is 1. The van der Waals surface area contributed by atoms with Crippen LogP contribution in [0.3, 0.4) is 0 Å². The minimum atomic E-state index is 0. The summed E-state index contributed by atoms with van der Waals surface area (Å²) in [5, 5.41) is 7.08. The maximum absolute atomic E-state index is 12.1. The Labute approximate surface area is 211 Å². The molecule has 0 aliphatic carbocycles. The Kier molecular flexibility index (Phi) is 11.8. The van der Waals surface area contributed by atoms with Crippen molar-refractivity contribution in [2.75, 3.05) is 26.2 Å². The van der Waals surface area contributed by atoms with Crippen LogP contribution in [0.4, 0.5) is 0 Å². The fraction of sp³-hybridized carbons (Fsp3) is 0.680. The fourth-order valence-electron chi connectivity index (χ4n) is 4.88. The third-order valence-corrected chi connectivity index (χ3v) is 6.68. The first-order chi connectivity index (χ1) is 15.1. The number of aliphatic imine (C=N–C) groups is 1. The van der Waals surface area contributed by atoms with E-state index in [9.17, 15) is 4.79 Å². The summed E-state index contributed by atoms with van der Waals surface area (Å²) in [5.41, 5.74) is 1.39. The van der Waals surface area contributed by atoms with E-state index in [-0.39, 0.29) is 24.0 Å². The van der Waals surface area contributed by atoms with Gasteiger partial charge in [0.25, 0.3) is 0 Å². The van der Waals surface area contributed by atoms with Gasteiger partial charge in [-0.15, -0.1) is 24.0 Å². The lowest BCUT2D eigenvalue weighted by atomic mass is 9.97. The summed E-state index contributed by atoms with van der Waals surface area (Å²) in [6.07, 6.45) is 5.90. The number of nitrogens with zero attached hydrogens (tertiary/aromatic N) is 3. The highest BCUT2D eigenvalue weighted by molar-refractivity contribution is 14.0. The molecule has 1 aromatic rings. The number of carbonyl (C=O) groups is 1. The Morgan fingerprint density at radius 2 is 2.00 bits per heavy atom. The van der Waals surface area contributed by atoms with Crippen LogP contribution < -0.4 is 10.6 Å². The number of carbonyl (C=O) groups excluding carboxylic acids is 1. The second-order valence-electron chi connectivity index (χ2n) is 8.97. The minimum Gasteiger partial charge on any atom is -0.357 e. The highest BCUT2D eigenvalue weighted by Gasteiger charge is 2.27. The van der Waals surface area contributed by atoms with Gasteiger partial charge in [-0.2, -0.15) is 0 Å². The fourth-order valence-corrected chi connectivity index (χ4v) is 4.88. The smallest absolute Gasteiger partial charge is 0.222 e. The number of rotatable bonds is 9. The van der Waals surface area contributed by atoms with Crippen molar-refractivity contribution in [1.29, 1.82) is 0 Å². The lowest BCUT2D eigenvalue weighted by Gasteiger charge is -2.38. The average Bonchev–Trinajstić information content (AvgIpc) is 3.19. The zero-order valence-electron chi connectivity index (χ0n) is 20.1. The average molecular weight is 556 g/mol. The molecule has 6 nitrogen and oxygen atoms in total. The van der Waals surface area contributed by atoms with Gasteiger partial charge in [0, 0.05) is 57.3 Å². The molecule has 180 valence electrons. The van der Waals surface area contributed by atoms with Crippen LogP contribution in [0.25, 0.3) is 0 Å². The van der Waals surface area contributed by atoms with Gasteiger partial charge in [-0.3, -0.25) is 14.7 Å². The molecular weight excluding hydrogens is 513 g/mol.